The van der Waals surface area contributed by atoms with Gasteiger partial charge in [-0.15, -0.1) is 0 Å². The van der Waals surface area contributed by atoms with Crippen molar-refractivity contribution in [3.8, 4) is 0 Å². The number of carbonyl (C=O) groups excluding carboxylic acids is 2. The highest BCUT2D eigenvalue weighted by atomic mass is 16.7. The number of ether oxygens (including phenoxy) is 3. The largest absolute Gasteiger partial charge is 0.445 e. The smallest absolute Gasteiger partial charge is 0.407 e. The molecule has 2 amide bonds. The zero-order valence-electron chi connectivity index (χ0n) is 15.3. The number of rotatable bonds is 10. The van der Waals surface area contributed by atoms with Crippen LogP contribution in [0.3, 0.4) is 0 Å². The van der Waals surface area contributed by atoms with Gasteiger partial charge >= 0.3 is 6.09 Å². The third kappa shape index (κ3) is 7.01. The fourth-order valence-corrected chi connectivity index (χ4v) is 2.75. The Morgan fingerprint density at radius 3 is 2.54 bits per heavy atom. The topological polar surface area (TPSA) is 85.9 Å². The lowest BCUT2D eigenvalue weighted by Crippen LogP contribution is -2.33. The lowest BCUT2D eigenvalue weighted by Gasteiger charge is -2.25. The van der Waals surface area contributed by atoms with Gasteiger partial charge in [-0.25, -0.2) is 4.79 Å². The van der Waals surface area contributed by atoms with E-state index in [1.807, 2.05) is 37.3 Å². The van der Waals surface area contributed by atoms with Gasteiger partial charge in [0.2, 0.25) is 5.91 Å². The second kappa shape index (κ2) is 10.8. The summed E-state index contributed by atoms with van der Waals surface area (Å²) in [6.45, 7) is 4.31. The fourth-order valence-electron chi connectivity index (χ4n) is 2.75. The maximum atomic E-state index is 11.8. The lowest BCUT2D eigenvalue weighted by molar-refractivity contribution is -0.164. The number of nitrogens with one attached hydrogen (secondary N) is 2. The van der Waals surface area contributed by atoms with Crippen LogP contribution in [-0.2, 0) is 25.6 Å². The molecule has 7 heteroatoms. The number of hydrogen-bond donors (Lipinski definition) is 2. The van der Waals surface area contributed by atoms with Crippen LogP contribution in [0.5, 0.6) is 0 Å². The van der Waals surface area contributed by atoms with Gasteiger partial charge in [0, 0.05) is 25.9 Å². The molecule has 2 N–H and O–H groups in total. The lowest BCUT2D eigenvalue weighted by atomic mass is 10.1. The van der Waals surface area contributed by atoms with E-state index < -0.39 is 11.9 Å². The molecule has 0 radical (unpaired) electrons. The van der Waals surface area contributed by atoms with Crippen LogP contribution in [0, 0.1) is 0 Å². The molecule has 26 heavy (non-hydrogen) atoms. The van der Waals surface area contributed by atoms with Crippen LogP contribution in [0.2, 0.25) is 0 Å². The summed E-state index contributed by atoms with van der Waals surface area (Å²) in [5.41, 5.74) is 0.917. The molecule has 0 atom stereocenters. The molecule has 1 aromatic rings. The molecule has 1 aliphatic heterocycles. The van der Waals surface area contributed by atoms with Crippen molar-refractivity contribution in [2.45, 2.75) is 45.0 Å². The van der Waals surface area contributed by atoms with Crippen LogP contribution in [-0.4, -0.2) is 44.1 Å². The van der Waals surface area contributed by atoms with E-state index in [9.17, 15) is 9.59 Å². The van der Waals surface area contributed by atoms with E-state index in [0.717, 1.165) is 24.8 Å². The van der Waals surface area contributed by atoms with Gasteiger partial charge < -0.3 is 24.8 Å². The molecule has 7 nitrogen and oxygen atoms in total. The summed E-state index contributed by atoms with van der Waals surface area (Å²) in [6.07, 6.45) is 2.03. The van der Waals surface area contributed by atoms with Crippen LogP contribution in [0.15, 0.2) is 30.3 Å². The first-order valence-corrected chi connectivity index (χ1v) is 9.13. The van der Waals surface area contributed by atoms with E-state index in [1.165, 1.54) is 0 Å². The highest BCUT2D eigenvalue weighted by molar-refractivity contribution is 5.76. The Kier molecular flexibility index (Phi) is 8.37. The standard InChI is InChI=1S/C19H28N2O5/c1-2-19(25-13-14-26-19)10-6-11-20-17(22)9-12-21-18(23)24-15-16-7-4-3-5-8-16/h3-5,7-8H,2,6,9-15H2,1H3,(H,20,22)(H,21,23). The molecule has 0 bridgehead atoms. The average Bonchev–Trinajstić information content (AvgIpc) is 3.14. The molecule has 1 aromatic carbocycles. The number of amides is 2. The number of alkyl carbamates (subject to hydrolysis) is 1. The van der Waals surface area contributed by atoms with Gasteiger partial charge in [-0.2, -0.15) is 0 Å². The van der Waals surface area contributed by atoms with Crippen molar-refractivity contribution in [2.75, 3.05) is 26.3 Å². The van der Waals surface area contributed by atoms with Gasteiger partial charge in [-0.3, -0.25) is 4.79 Å². The number of carbonyl (C=O) groups is 2. The molecular formula is C19H28N2O5. The molecule has 1 aliphatic rings. The number of benzene rings is 1. The first kappa shape index (κ1) is 20.2. The minimum Gasteiger partial charge on any atom is -0.445 e. The summed E-state index contributed by atoms with van der Waals surface area (Å²) in [5, 5.41) is 5.41. The maximum Gasteiger partial charge on any atom is 0.407 e. The molecular weight excluding hydrogens is 336 g/mol. The summed E-state index contributed by atoms with van der Waals surface area (Å²) >= 11 is 0. The molecule has 144 valence electrons. The van der Waals surface area contributed by atoms with E-state index in [-0.39, 0.29) is 25.5 Å². The first-order valence-electron chi connectivity index (χ1n) is 9.13. The fraction of sp³-hybridized carbons (Fsp3) is 0.579. The molecule has 1 fully saturated rings. The Balaban J connectivity index is 1.50. The van der Waals surface area contributed by atoms with Crippen LogP contribution >= 0.6 is 0 Å². The minimum absolute atomic E-state index is 0.104. The number of hydrogen-bond acceptors (Lipinski definition) is 5. The maximum absolute atomic E-state index is 11.8. The van der Waals surface area contributed by atoms with Gasteiger partial charge in [0.15, 0.2) is 5.79 Å². The van der Waals surface area contributed by atoms with Crippen molar-refractivity contribution in [1.29, 1.82) is 0 Å². The van der Waals surface area contributed by atoms with Crippen LogP contribution in [0.1, 0.15) is 38.2 Å². The van der Waals surface area contributed by atoms with E-state index in [4.69, 9.17) is 14.2 Å². The second-order valence-electron chi connectivity index (χ2n) is 6.15. The summed E-state index contributed by atoms with van der Waals surface area (Å²) < 4.78 is 16.4. The highest BCUT2D eigenvalue weighted by Gasteiger charge is 2.33. The van der Waals surface area contributed by atoms with Crippen molar-refractivity contribution in [2.24, 2.45) is 0 Å². The van der Waals surface area contributed by atoms with Crippen molar-refractivity contribution in [3.63, 3.8) is 0 Å². The average molecular weight is 364 g/mol. The third-order valence-electron chi connectivity index (χ3n) is 4.24. The third-order valence-corrected chi connectivity index (χ3v) is 4.24. The van der Waals surface area contributed by atoms with Crippen LogP contribution < -0.4 is 10.6 Å². The SMILES string of the molecule is CCC1(CCCNC(=O)CCNC(=O)OCc2ccccc2)OCCO1. The predicted molar refractivity (Wildman–Crippen MR) is 96.4 cm³/mol. The molecule has 0 aromatic heterocycles. The van der Waals surface area contributed by atoms with Crippen LogP contribution in [0.25, 0.3) is 0 Å². The summed E-state index contributed by atoms with van der Waals surface area (Å²) in [6, 6.07) is 9.43. The van der Waals surface area contributed by atoms with E-state index in [2.05, 4.69) is 10.6 Å². The normalized spacial score (nSPS) is 15.4. The van der Waals surface area contributed by atoms with Crippen molar-refractivity contribution in [3.05, 3.63) is 35.9 Å². The molecule has 1 heterocycles. The first-order chi connectivity index (χ1) is 12.6. The van der Waals surface area contributed by atoms with Crippen LogP contribution in [0.4, 0.5) is 4.79 Å². The Hall–Kier alpha value is -2.12. The predicted octanol–water partition coefficient (Wildman–Crippen LogP) is 2.35. The molecule has 1 saturated heterocycles. The summed E-state index contributed by atoms with van der Waals surface area (Å²) in [5.74, 6) is -0.582. The minimum atomic E-state index is -0.526. The van der Waals surface area contributed by atoms with E-state index in [0.29, 0.717) is 19.8 Å². The van der Waals surface area contributed by atoms with Gasteiger partial charge in [0.05, 0.1) is 13.2 Å². The Morgan fingerprint density at radius 1 is 1.12 bits per heavy atom. The molecule has 2 rings (SSSR count). The molecule has 0 spiro atoms. The zero-order chi connectivity index (χ0) is 18.7. The second-order valence-corrected chi connectivity index (χ2v) is 6.15. The van der Waals surface area contributed by atoms with Crippen molar-refractivity contribution >= 4 is 12.0 Å². The van der Waals surface area contributed by atoms with E-state index in [1.54, 1.807) is 0 Å². The Bertz CT molecular complexity index is 558. The highest BCUT2D eigenvalue weighted by Crippen LogP contribution is 2.27. The van der Waals surface area contributed by atoms with Crippen molar-refractivity contribution < 1.29 is 23.8 Å². The Morgan fingerprint density at radius 2 is 1.85 bits per heavy atom. The molecule has 0 aliphatic carbocycles. The quantitative estimate of drug-likeness (QED) is 0.623. The zero-order valence-corrected chi connectivity index (χ0v) is 15.3. The van der Waals surface area contributed by atoms with Gasteiger partial charge in [-0.05, 0) is 18.4 Å². The summed E-state index contributed by atoms with van der Waals surface area (Å²) in [4.78, 5) is 23.4. The van der Waals surface area contributed by atoms with Crippen molar-refractivity contribution in [1.82, 2.24) is 10.6 Å². The Labute approximate surface area is 154 Å². The molecule has 0 unspecified atom stereocenters. The van der Waals surface area contributed by atoms with Gasteiger partial charge in [0.1, 0.15) is 6.61 Å². The van der Waals surface area contributed by atoms with Gasteiger partial charge in [-0.1, -0.05) is 37.3 Å². The van der Waals surface area contributed by atoms with E-state index >= 15 is 0 Å². The van der Waals surface area contributed by atoms with Gasteiger partial charge in [0.25, 0.3) is 0 Å². The summed E-state index contributed by atoms with van der Waals surface area (Å²) in [7, 11) is 0. The molecule has 0 saturated carbocycles. The monoisotopic (exact) mass is 364 g/mol.